The van der Waals surface area contributed by atoms with E-state index < -0.39 is 11.9 Å². The van der Waals surface area contributed by atoms with Gasteiger partial charge in [-0.05, 0) is 30.3 Å². The van der Waals surface area contributed by atoms with Crippen LogP contribution in [0, 0.1) is 0 Å². The van der Waals surface area contributed by atoms with Crippen molar-refractivity contribution in [3.63, 3.8) is 0 Å². The molecule has 2 aromatic carbocycles. The molecule has 0 aliphatic heterocycles. The summed E-state index contributed by atoms with van der Waals surface area (Å²) in [7, 11) is 2.94. The fraction of sp³-hybridized carbons (Fsp3) is 0.125. The first-order chi connectivity index (χ1) is 10.9. The van der Waals surface area contributed by atoms with E-state index in [0.717, 1.165) is 0 Å². The highest BCUT2D eigenvalue weighted by Gasteiger charge is 2.15. The molecular formula is C16H14ClNO5. The van der Waals surface area contributed by atoms with Crippen molar-refractivity contribution in [2.45, 2.75) is 0 Å². The van der Waals surface area contributed by atoms with Crippen molar-refractivity contribution in [2.75, 3.05) is 19.5 Å². The van der Waals surface area contributed by atoms with Gasteiger partial charge in [0.1, 0.15) is 11.5 Å². The zero-order chi connectivity index (χ0) is 17.0. The van der Waals surface area contributed by atoms with Gasteiger partial charge in [-0.1, -0.05) is 11.6 Å². The van der Waals surface area contributed by atoms with E-state index in [2.05, 4.69) is 5.32 Å². The van der Waals surface area contributed by atoms with E-state index >= 15 is 0 Å². The van der Waals surface area contributed by atoms with Gasteiger partial charge in [-0.3, -0.25) is 4.79 Å². The van der Waals surface area contributed by atoms with E-state index in [0.29, 0.717) is 16.5 Å². The maximum absolute atomic E-state index is 12.4. The number of carbonyl (C=O) groups excluding carboxylic acids is 1. The number of hydrogen-bond acceptors (Lipinski definition) is 4. The Morgan fingerprint density at radius 2 is 1.65 bits per heavy atom. The van der Waals surface area contributed by atoms with Gasteiger partial charge in [0.15, 0.2) is 0 Å². The molecular weight excluding hydrogens is 322 g/mol. The predicted octanol–water partition coefficient (Wildman–Crippen LogP) is 3.31. The number of aromatic carboxylic acids is 1. The number of nitrogens with one attached hydrogen (secondary N) is 1. The summed E-state index contributed by atoms with van der Waals surface area (Å²) in [6, 6.07) is 8.80. The first-order valence-corrected chi connectivity index (χ1v) is 6.89. The lowest BCUT2D eigenvalue weighted by Crippen LogP contribution is -2.15. The summed E-state index contributed by atoms with van der Waals surface area (Å²) in [6.45, 7) is 0. The van der Waals surface area contributed by atoms with Crippen molar-refractivity contribution in [2.24, 2.45) is 0 Å². The zero-order valence-electron chi connectivity index (χ0n) is 12.4. The Morgan fingerprint density at radius 3 is 2.17 bits per heavy atom. The molecule has 0 saturated carbocycles. The average molecular weight is 336 g/mol. The molecule has 0 aliphatic rings. The fourth-order valence-corrected chi connectivity index (χ4v) is 2.11. The molecule has 2 N–H and O–H groups in total. The van der Waals surface area contributed by atoms with Crippen LogP contribution in [-0.4, -0.2) is 31.2 Å². The minimum atomic E-state index is -1.17. The van der Waals surface area contributed by atoms with Crippen molar-refractivity contribution in [1.29, 1.82) is 0 Å². The Hall–Kier alpha value is -2.73. The molecule has 0 unspecified atom stereocenters. The molecule has 6 nitrogen and oxygen atoms in total. The van der Waals surface area contributed by atoms with Gasteiger partial charge in [-0.25, -0.2) is 4.79 Å². The van der Waals surface area contributed by atoms with E-state index in [4.69, 9.17) is 26.2 Å². The first kappa shape index (κ1) is 16.6. The van der Waals surface area contributed by atoms with E-state index in [1.807, 2.05) is 0 Å². The van der Waals surface area contributed by atoms with E-state index in [1.54, 1.807) is 6.07 Å². The number of amides is 1. The normalized spacial score (nSPS) is 10.0. The Labute approximate surface area is 137 Å². The highest BCUT2D eigenvalue weighted by Crippen LogP contribution is 2.25. The lowest BCUT2D eigenvalue weighted by atomic mass is 10.1. The largest absolute Gasteiger partial charge is 0.497 e. The fourth-order valence-electron chi connectivity index (χ4n) is 1.94. The number of carbonyl (C=O) groups is 2. The third-order valence-electron chi connectivity index (χ3n) is 3.07. The second-order valence-electron chi connectivity index (χ2n) is 4.55. The molecule has 0 atom stereocenters. The van der Waals surface area contributed by atoms with Crippen molar-refractivity contribution < 1.29 is 24.2 Å². The Morgan fingerprint density at radius 1 is 1.04 bits per heavy atom. The highest BCUT2D eigenvalue weighted by molar-refractivity contribution is 6.31. The van der Waals surface area contributed by atoms with Gasteiger partial charge in [0.05, 0.1) is 25.5 Å². The maximum Gasteiger partial charge on any atom is 0.337 e. The molecule has 1 amide bonds. The molecule has 120 valence electrons. The van der Waals surface area contributed by atoms with Gasteiger partial charge >= 0.3 is 5.97 Å². The summed E-state index contributed by atoms with van der Waals surface area (Å²) in [5, 5.41) is 12.0. The lowest BCUT2D eigenvalue weighted by molar-refractivity contribution is 0.0698. The van der Waals surface area contributed by atoms with Crippen molar-refractivity contribution >= 4 is 29.2 Å². The van der Waals surface area contributed by atoms with Gasteiger partial charge in [-0.2, -0.15) is 0 Å². The van der Waals surface area contributed by atoms with Crippen LogP contribution in [0.2, 0.25) is 5.02 Å². The quantitative estimate of drug-likeness (QED) is 0.875. The summed E-state index contributed by atoms with van der Waals surface area (Å²) in [5.41, 5.74) is 0.312. The molecule has 0 bridgehead atoms. The zero-order valence-corrected chi connectivity index (χ0v) is 13.2. The number of ether oxygens (including phenoxy) is 2. The minimum Gasteiger partial charge on any atom is -0.497 e. The molecule has 0 fully saturated rings. The summed E-state index contributed by atoms with van der Waals surface area (Å²) < 4.78 is 10.2. The van der Waals surface area contributed by atoms with Crippen molar-refractivity contribution in [3.05, 3.63) is 52.5 Å². The number of methoxy groups -OCH3 is 2. The van der Waals surface area contributed by atoms with Gasteiger partial charge in [0, 0.05) is 16.7 Å². The van der Waals surface area contributed by atoms with E-state index in [1.165, 1.54) is 44.6 Å². The summed E-state index contributed by atoms with van der Waals surface area (Å²) in [5.74, 6) is -0.787. The second-order valence-corrected chi connectivity index (χ2v) is 4.99. The molecule has 0 aromatic heterocycles. The average Bonchev–Trinajstić information content (AvgIpc) is 2.53. The van der Waals surface area contributed by atoms with Crippen molar-refractivity contribution in [3.8, 4) is 11.5 Å². The third kappa shape index (κ3) is 3.92. The Balaban J connectivity index is 2.36. The molecule has 7 heteroatoms. The number of benzene rings is 2. The number of carboxylic acids is 1. The van der Waals surface area contributed by atoms with Gasteiger partial charge in [-0.15, -0.1) is 0 Å². The molecule has 2 aromatic rings. The standard InChI is InChI=1S/C16H14ClNO5/c1-22-11-5-9(6-12(8-11)23-2)15(19)18-14-7-10(17)3-4-13(14)16(20)21/h3-8H,1-2H3,(H,18,19)(H,20,21). The SMILES string of the molecule is COc1cc(OC)cc(C(=O)Nc2cc(Cl)ccc2C(=O)O)c1. The van der Waals surface area contributed by atoms with Crippen LogP contribution in [0.25, 0.3) is 0 Å². The minimum absolute atomic E-state index is 0.0578. The third-order valence-corrected chi connectivity index (χ3v) is 3.31. The Bertz CT molecular complexity index is 738. The van der Waals surface area contributed by atoms with E-state index in [9.17, 15) is 9.59 Å². The summed E-state index contributed by atoms with van der Waals surface area (Å²) in [6.07, 6.45) is 0. The van der Waals surface area contributed by atoms with Crippen LogP contribution in [0.3, 0.4) is 0 Å². The maximum atomic E-state index is 12.4. The van der Waals surface area contributed by atoms with Crippen LogP contribution in [0.4, 0.5) is 5.69 Å². The molecule has 2 rings (SSSR count). The molecule has 0 aliphatic carbocycles. The van der Waals surface area contributed by atoms with Gasteiger partial charge in [0.2, 0.25) is 0 Å². The monoisotopic (exact) mass is 335 g/mol. The molecule has 0 saturated heterocycles. The Kier molecular flexibility index (Phi) is 5.08. The van der Waals surface area contributed by atoms with Gasteiger partial charge in [0.25, 0.3) is 5.91 Å². The molecule has 0 radical (unpaired) electrons. The van der Waals surface area contributed by atoms with Gasteiger partial charge < -0.3 is 19.9 Å². The second kappa shape index (κ2) is 7.02. The summed E-state index contributed by atoms with van der Waals surface area (Å²) in [4.78, 5) is 23.6. The van der Waals surface area contributed by atoms with E-state index in [-0.39, 0.29) is 16.8 Å². The predicted molar refractivity (Wildman–Crippen MR) is 85.9 cm³/mol. The van der Waals surface area contributed by atoms with Crippen LogP contribution in [0.5, 0.6) is 11.5 Å². The van der Waals surface area contributed by atoms with Crippen LogP contribution >= 0.6 is 11.6 Å². The topological polar surface area (TPSA) is 84.9 Å². The lowest BCUT2D eigenvalue weighted by Gasteiger charge is -2.11. The summed E-state index contributed by atoms with van der Waals surface area (Å²) >= 11 is 5.86. The molecule has 0 spiro atoms. The molecule has 23 heavy (non-hydrogen) atoms. The first-order valence-electron chi connectivity index (χ1n) is 6.52. The van der Waals surface area contributed by atoms with Crippen LogP contribution < -0.4 is 14.8 Å². The van der Waals surface area contributed by atoms with Crippen LogP contribution in [-0.2, 0) is 0 Å². The van der Waals surface area contributed by atoms with Crippen molar-refractivity contribution in [1.82, 2.24) is 0 Å². The number of anilines is 1. The molecule has 0 heterocycles. The smallest absolute Gasteiger partial charge is 0.337 e. The van der Waals surface area contributed by atoms with Crippen LogP contribution in [0.15, 0.2) is 36.4 Å². The number of hydrogen-bond donors (Lipinski definition) is 2. The van der Waals surface area contributed by atoms with Crippen LogP contribution in [0.1, 0.15) is 20.7 Å². The number of rotatable bonds is 5. The highest BCUT2D eigenvalue weighted by atomic mass is 35.5. The number of carboxylic acid groups (broad SMARTS) is 1. The number of halogens is 1.